The van der Waals surface area contributed by atoms with E-state index in [4.69, 9.17) is 15.2 Å². The number of rotatable bonds is 5. The molecule has 100 valence electrons. The van der Waals surface area contributed by atoms with Crippen LogP contribution in [-0.4, -0.2) is 48.2 Å². The third-order valence-corrected chi connectivity index (χ3v) is 3.28. The average Bonchev–Trinajstić information content (AvgIpc) is 2.74. The van der Waals surface area contributed by atoms with E-state index >= 15 is 0 Å². The van der Waals surface area contributed by atoms with Crippen molar-refractivity contribution >= 4 is 5.95 Å². The van der Waals surface area contributed by atoms with Crippen LogP contribution >= 0.6 is 0 Å². The molecule has 1 aromatic heterocycles. The van der Waals surface area contributed by atoms with E-state index in [1.54, 1.807) is 13.2 Å². The van der Waals surface area contributed by atoms with E-state index in [-0.39, 0.29) is 5.95 Å². The third-order valence-electron chi connectivity index (χ3n) is 3.28. The van der Waals surface area contributed by atoms with E-state index in [0.29, 0.717) is 24.4 Å². The minimum Gasteiger partial charge on any atom is -0.481 e. The number of anilines is 1. The smallest absolute Gasteiger partial charge is 0.226 e. The summed E-state index contributed by atoms with van der Waals surface area (Å²) in [7, 11) is 3.70. The highest BCUT2D eigenvalue weighted by atomic mass is 16.5. The molecule has 1 aliphatic rings. The van der Waals surface area contributed by atoms with Crippen molar-refractivity contribution in [3.8, 4) is 11.8 Å². The van der Waals surface area contributed by atoms with Crippen molar-refractivity contribution in [2.24, 2.45) is 0 Å². The zero-order valence-electron chi connectivity index (χ0n) is 10.9. The Balaban J connectivity index is 1.84. The molecule has 0 amide bonds. The van der Waals surface area contributed by atoms with Gasteiger partial charge in [0.1, 0.15) is 0 Å². The maximum absolute atomic E-state index is 5.60. The van der Waals surface area contributed by atoms with Gasteiger partial charge in [-0.1, -0.05) is 0 Å². The molecule has 1 saturated heterocycles. The molecule has 1 unspecified atom stereocenters. The zero-order valence-corrected chi connectivity index (χ0v) is 10.9. The SMILES string of the molecule is COc1cc(OCCC2CCCN2C)nc(N)n1. The molecule has 2 N–H and O–H groups in total. The molecule has 0 aromatic carbocycles. The van der Waals surface area contributed by atoms with E-state index in [2.05, 4.69) is 21.9 Å². The van der Waals surface area contributed by atoms with Crippen molar-refractivity contribution in [3.05, 3.63) is 6.07 Å². The van der Waals surface area contributed by atoms with E-state index in [9.17, 15) is 0 Å². The first-order chi connectivity index (χ1) is 8.69. The first kappa shape index (κ1) is 12.9. The van der Waals surface area contributed by atoms with Crippen molar-refractivity contribution in [3.63, 3.8) is 0 Å². The van der Waals surface area contributed by atoms with Crippen molar-refractivity contribution in [1.82, 2.24) is 14.9 Å². The van der Waals surface area contributed by atoms with Crippen molar-refractivity contribution in [2.45, 2.75) is 25.3 Å². The van der Waals surface area contributed by atoms with Crippen LogP contribution in [0, 0.1) is 0 Å². The van der Waals surface area contributed by atoms with Crippen molar-refractivity contribution in [1.29, 1.82) is 0 Å². The monoisotopic (exact) mass is 252 g/mol. The summed E-state index contributed by atoms with van der Waals surface area (Å²) in [5.74, 6) is 1.07. The highest BCUT2D eigenvalue weighted by Gasteiger charge is 2.20. The van der Waals surface area contributed by atoms with Crippen molar-refractivity contribution < 1.29 is 9.47 Å². The molecule has 1 fully saturated rings. The second-order valence-electron chi connectivity index (χ2n) is 4.52. The quantitative estimate of drug-likeness (QED) is 0.840. The molecule has 1 atom stereocenters. The first-order valence-electron chi connectivity index (χ1n) is 6.20. The second-order valence-corrected chi connectivity index (χ2v) is 4.52. The lowest BCUT2D eigenvalue weighted by Crippen LogP contribution is -2.26. The lowest BCUT2D eigenvalue weighted by atomic mass is 10.1. The van der Waals surface area contributed by atoms with Gasteiger partial charge in [-0.15, -0.1) is 0 Å². The number of ether oxygens (including phenoxy) is 2. The molecule has 0 spiro atoms. The fraction of sp³-hybridized carbons (Fsp3) is 0.667. The lowest BCUT2D eigenvalue weighted by Gasteiger charge is -2.19. The number of aromatic nitrogens is 2. The van der Waals surface area contributed by atoms with Gasteiger partial charge in [-0.3, -0.25) is 0 Å². The first-order valence-corrected chi connectivity index (χ1v) is 6.20. The number of methoxy groups -OCH3 is 1. The summed E-state index contributed by atoms with van der Waals surface area (Å²) in [6.45, 7) is 1.81. The Bertz CT molecular complexity index is 400. The van der Waals surface area contributed by atoms with E-state index in [0.717, 1.165) is 6.42 Å². The second kappa shape index (κ2) is 5.86. The fourth-order valence-electron chi connectivity index (χ4n) is 2.24. The van der Waals surface area contributed by atoms with Gasteiger partial charge in [0.2, 0.25) is 17.7 Å². The Morgan fingerprint density at radius 2 is 2.22 bits per heavy atom. The summed E-state index contributed by atoms with van der Waals surface area (Å²) in [6, 6.07) is 2.26. The molecule has 6 nitrogen and oxygen atoms in total. The summed E-state index contributed by atoms with van der Waals surface area (Å²) in [5.41, 5.74) is 5.56. The fourth-order valence-corrected chi connectivity index (χ4v) is 2.24. The molecule has 1 aromatic rings. The highest BCUT2D eigenvalue weighted by Crippen LogP contribution is 2.19. The van der Waals surface area contributed by atoms with Crippen molar-refractivity contribution in [2.75, 3.05) is 33.0 Å². The Morgan fingerprint density at radius 1 is 1.44 bits per heavy atom. The summed E-state index contributed by atoms with van der Waals surface area (Å²) in [6.07, 6.45) is 3.52. The molecule has 18 heavy (non-hydrogen) atoms. The van der Waals surface area contributed by atoms with Crippen LogP contribution in [0.25, 0.3) is 0 Å². The molecule has 0 aliphatic carbocycles. The largest absolute Gasteiger partial charge is 0.481 e. The van der Waals surface area contributed by atoms with Gasteiger partial charge in [-0.05, 0) is 32.9 Å². The van der Waals surface area contributed by atoms with E-state index < -0.39 is 0 Å². The van der Waals surface area contributed by atoms with Crippen LogP contribution in [0.2, 0.25) is 0 Å². The van der Waals surface area contributed by atoms with E-state index in [1.165, 1.54) is 19.4 Å². The molecular weight excluding hydrogens is 232 g/mol. The lowest BCUT2D eigenvalue weighted by molar-refractivity contribution is 0.228. The number of nitrogens with zero attached hydrogens (tertiary/aromatic N) is 3. The number of nitrogen functional groups attached to an aromatic ring is 1. The summed E-state index contributed by atoms with van der Waals surface area (Å²) >= 11 is 0. The molecule has 0 saturated carbocycles. The maximum Gasteiger partial charge on any atom is 0.226 e. The third kappa shape index (κ3) is 3.22. The van der Waals surface area contributed by atoms with Gasteiger partial charge < -0.3 is 20.1 Å². The molecule has 2 rings (SSSR count). The van der Waals surface area contributed by atoms with Crippen LogP contribution < -0.4 is 15.2 Å². The molecule has 0 bridgehead atoms. The average molecular weight is 252 g/mol. The van der Waals surface area contributed by atoms with Gasteiger partial charge in [0.25, 0.3) is 0 Å². The molecule has 1 aliphatic heterocycles. The van der Waals surface area contributed by atoms with Gasteiger partial charge in [-0.2, -0.15) is 9.97 Å². The van der Waals surface area contributed by atoms with Crippen LogP contribution in [0.4, 0.5) is 5.95 Å². The van der Waals surface area contributed by atoms with E-state index in [1.807, 2.05) is 0 Å². The number of hydrogen-bond donors (Lipinski definition) is 1. The topological polar surface area (TPSA) is 73.5 Å². The standard InChI is InChI=1S/C12H20N4O2/c1-16-6-3-4-9(16)5-7-18-11-8-10(17-2)14-12(13)15-11/h8-9H,3-7H2,1-2H3,(H2,13,14,15). The van der Waals surface area contributed by atoms with Crippen LogP contribution in [0.5, 0.6) is 11.8 Å². The summed E-state index contributed by atoms with van der Waals surface area (Å²) in [5, 5.41) is 0. The molecular formula is C12H20N4O2. The van der Waals surface area contributed by atoms with Gasteiger partial charge in [-0.25, -0.2) is 0 Å². The number of hydrogen-bond acceptors (Lipinski definition) is 6. The normalized spacial score (nSPS) is 20.0. The van der Waals surface area contributed by atoms with Gasteiger partial charge >= 0.3 is 0 Å². The predicted octanol–water partition coefficient (Wildman–Crippen LogP) is 0.930. The Hall–Kier alpha value is -1.56. The van der Waals surface area contributed by atoms with Crippen LogP contribution in [0.15, 0.2) is 6.07 Å². The Labute approximate surface area is 107 Å². The predicted molar refractivity (Wildman–Crippen MR) is 68.8 cm³/mol. The summed E-state index contributed by atoms with van der Waals surface area (Å²) < 4.78 is 10.6. The highest BCUT2D eigenvalue weighted by molar-refractivity contribution is 5.29. The Kier molecular flexibility index (Phi) is 4.19. The van der Waals surface area contributed by atoms with Gasteiger partial charge in [0.15, 0.2) is 0 Å². The van der Waals surface area contributed by atoms with Gasteiger partial charge in [0, 0.05) is 6.04 Å². The van der Waals surface area contributed by atoms with Gasteiger partial charge in [0.05, 0.1) is 19.8 Å². The minimum atomic E-state index is 0.169. The number of likely N-dealkylation sites (tertiary alicyclic amines) is 1. The molecule has 2 heterocycles. The maximum atomic E-state index is 5.60. The Morgan fingerprint density at radius 3 is 2.89 bits per heavy atom. The molecule has 6 heteroatoms. The van der Waals surface area contributed by atoms with Crippen LogP contribution in [0.3, 0.4) is 0 Å². The molecule has 0 radical (unpaired) electrons. The summed E-state index contributed by atoms with van der Waals surface area (Å²) in [4.78, 5) is 10.3. The minimum absolute atomic E-state index is 0.169. The zero-order chi connectivity index (χ0) is 13.0. The van der Waals surface area contributed by atoms with Crippen LogP contribution in [0.1, 0.15) is 19.3 Å². The van der Waals surface area contributed by atoms with Crippen LogP contribution in [-0.2, 0) is 0 Å². The number of nitrogens with two attached hydrogens (primary N) is 1.